The minimum atomic E-state index is 0.516. The second-order valence-electron chi connectivity index (χ2n) is 5.01. The van der Waals surface area contributed by atoms with Gasteiger partial charge in [-0.15, -0.1) is 11.3 Å². The maximum absolute atomic E-state index is 4.69. The Labute approximate surface area is 84.2 Å². The van der Waals surface area contributed by atoms with E-state index in [1.807, 2.05) is 11.3 Å². The molecule has 0 saturated heterocycles. The Morgan fingerprint density at radius 3 is 2.54 bits per heavy atom. The number of hydrogen-bond donors (Lipinski definition) is 0. The zero-order valence-electron chi connectivity index (χ0n) is 8.79. The summed E-state index contributed by atoms with van der Waals surface area (Å²) in [4.78, 5) is 4.69. The molecular formula is C11H17NS. The van der Waals surface area contributed by atoms with Crippen molar-refractivity contribution in [1.29, 1.82) is 0 Å². The molecule has 2 rings (SSSR count). The van der Waals surface area contributed by atoms with E-state index in [1.165, 1.54) is 17.1 Å². The molecule has 13 heavy (non-hydrogen) atoms. The van der Waals surface area contributed by atoms with Gasteiger partial charge in [-0.25, -0.2) is 4.98 Å². The molecule has 0 amide bonds. The number of nitrogens with zero attached hydrogens (tertiary/aromatic N) is 1. The molecule has 1 heterocycles. The van der Waals surface area contributed by atoms with E-state index >= 15 is 0 Å². The van der Waals surface area contributed by atoms with Crippen LogP contribution >= 0.6 is 11.3 Å². The third-order valence-electron chi connectivity index (χ3n) is 2.90. The lowest BCUT2D eigenvalue weighted by atomic mass is 10.1. The molecule has 1 aliphatic rings. The molecule has 1 saturated carbocycles. The van der Waals surface area contributed by atoms with E-state index in [0.717, 1.165) is 5.92 Å². The third-order valence-corrected chi connectivity index (χ3v) is 4.07. The van der Waals surface area contributed by atoms with Crippen LogP contribution in [0.15, 0.2) is 5.38 Å². The lowest BCUT2D eigenvalue weighted by Gasteiger charge is -1.99. The molecule has 1 aliphatic carbocycles. The van der Waals surface area contributed by atoms with Crippen molar-refractivity contribution in [2.45, 2.75) is 46.0 Å². The van der Waals surface area contributed by atoms with Crippen LogP contribution in [0.1, 0.15) is 56.7 Å². The maximum Gasteiger partial charge on any atom is 0.0953 e. The SMILES string of the molecule is CC(C)c1nc(C2CC2(C)C)cs1. The normalized spacial score (nSPS) is 25.2. The summed E-state index contributed by atoms with van der Waals surface area (Å²) in [6, 6.07) is 0. The molecular weight excluding hydrogens is 178 g/mol. The molecule has 0 N–H and O–H groups in total. The second-order valence-corrected chi connectivity index (χ2v) is 5.90. The molecule has 0 aliphatic heterocycles. The summed E-state index contributed by atoms with van der Waals surface area (Å²) in [5.74, 6) is 1.32. The standard InChI is InChI=1S/C11H17NS/c1-7(2)10-12-9(6-13-10)8-5-11(8,3)4/h6-8H,5H2,1-4H3. The van der Waals surface area contributed by atoms with Crippen LogP contribution in [-0.2, 0) is 0 Å². The Morgan fingerprint density at radius 1 is 1.54 bits per heavy atom. The summed E-state index contributed by atoms with van der Waals surface area (Å²) in [5, 5.41) is 3.53. The minimum Gasteiger partial charge on any atom is -0.246 e. The van der Waals surface area contributed by atoms with E-state index in [2.05, 4.69) is 38.1 Å². The highest BCUT2D eigenvalue weighted by Crippen LogP contribution is 2.58. The first kappa shape index (κ1) is 9.20. The van der Waals surface area contributed by atoms with Crippen molar-refractivity contribution in [2.24, 2.45) is 5.41 Å². The van der Waals surface area contributed by atoms with Gasteiger partial charge in [0.1, 0.15) is 0 Å². The number of aromatic nitrogens is 1. The van der Waals surface area contributed by atoms with E-state index in [0.29, 0.717) is 11.3 Å². The topological polar surface area (TPSA) is 12.9 Å². The third kappa shape index (κ3) is 1.64. The molecule has 1 atom stereocenters. The van der Waals surface area contributed by atoms with E-state index in [9.17, 15) is 0 Å². The fourth-order valence-corrected chi connectivity index (χ4v) is 2.59. The van der Waals surface area contributed by atoms with Crippen LogP contribution in [0.25, 0.3) is 0 Å². The first-order valence-electron chi connectivity index (χ1n) is 4.96. The van der Waals surface area contributed by atoms with Crippen LogP contribution in [0.5, 0.6) is 0 Å². The van der Waals surface area contributed by atoms with Crippen molar-refractivity contribution in [2.75, 3.05) is 0 Å². The van der Waals surface area contributed by atoms with Crippen molar-refractivity contribution < 1.29 is 0 Å². The highest BCUT2D eigenvalue weighted by Gasteiger charge is 2.47. The minimum absolute atomic E-state index is 0.516. The summed E-state index contributed by atoms with van der Waals surface area (Å²) in [6.45, 7) is 9.07. The lowest BCUT2D eigenvalue weighted by Crippen LogP contribution is -1.91. The van der Waals surface area contributed by atoms with Crippen molar-refractivity contribution in [3.05, 3.63) is 16.1 Å². The number of thiazole rings is 1. The Bertz CT molecular complexity index is 312. The van der Waals surface area contributed by atoms with E-state index in [1.54, 1.807) is 0 Å². The molecule has 1 unspecified atom stereocenters. The summed E-state index contributed by atoms with van der Waals surface area (Å²) in [5.41, 5.74) is 1.85. The van der Waals surface area contributed by atoms with Gasteiger partial charge in [0.25, 0.3) is 0 Å². The van der Waals surface area contributed by atoms with Gasteiger partial charge >= 0.3 is 0 Å². The van der Waals surface area contributed by atoms with Crippen LogP contribution in [0.3, 0.4) is 0 Å². The number of hydrogen-bond acceptors (Lipinski definition) is 2. The quantitative estimate of drug-likeness (QED) is 0.700. The zero-order valence-corrected chi connectivity index (χ0v) is 9.61. The van der Waals surface area contributed by atoms with Gasteiger partial charge in [0, 0.05) is 17.2 Å². The fraction of sp³-hybridized carbons (Fsp3) is 0.727. The van der Waals surface area contributed by atoms with Crippen LogP contribution in [0, 0.1) is 5.41 Å². The molecule has 1 aromatic rings. The van der Waals surface area contributed by atoms with Gasteiger partial charge < -0.3 is 0 Å². The molecule has 72 valence electrons. The number of rotatable bonds is 2. The Hall–Kier alpha value is -0.370. The molecule has 1 nitrogen and oxygen atoms in total. The zero-order chi connectivity index (χ0) is 9.64. The molecule has 0 aromatic carbocycles. The first-order chi connectivity index (χ1) is 6.00. The maximum atomic E-state index is 4.69. The van der Waals surface area contributed by atoms with Gasteiger partial charge in [0.15, 0.2) is 0 Å². The molecule has 1 fully saturated rings. The average molecular weight is 195 g/mol. The van der Waals surface area contributed by atoms with Gasteiger partial charge in [-0.1, -0.05) is 27.7 Å². The molecule has 0 spiro atoms. The van der Waals surface area contributed by atoms with Crippen molar-refractivity contribution in [3.8, 4) is 0 Å². The summed E-state index contributed by atoms with van der Waals surface area (Å²) in [6.07, 6.45) is 1.31. The smallest absolute Gasteiger partial charge is 0.0953 e. The Kier molecular flexibility index (Phi) is 1.99. The van der Waals surface area contributed by atoms with Gasteiger partial charge in [-0.3, -0.25) is 0 Å². The fourth-order valence-electron chi connectivity index (χ4n) is 1.70. The second kappa shape index (κ2) is 2.81. The van der Waals surface area contributed by atoms with E-state index in [4.69, 9.17) is 0 Å². The first-order valence-corrected chi connectivity index (χ1v) is 5.84. The monoisotopic (exact) mass is 195 g/mol. The average Bonchev–Trinajstić information content (AvgIpc) is 2.50. The Balaban J connectivity index is 2.16. The van der Waals surface area contributed by atoms with Crippen LogP contribution in [0.2, 0.25) is 0 Å². The molecule has 0 bridgehead atoms. The van der Waals surface area contributed by atoms with Crippen molar-refractivity contribution >= 4 is 11.3 Å². The van der Waals surface area contributed by atoms with Gasteiger partial charge in [0.2, 0.25) is 0 Å². The van der Waals surface area contributed by atoms with Gasteiger partial charge in [-0.05, 0) is 11.8 Å². The Morgan fingerprint density at radius 2 is 2.15 bits per heavy atom. The summed E-state index contributed by atoms with van der Waals surface area (Å²) in [7, 11) is 0. The van der Waals surface area contributed by atoms with E-state index < -0.39 is 0 Å². The highest BCUT2D eigenvalue weighted by atomic mass is 32.1. The van der Waals surface area contributed by atoms with Gasteiger partial charge in [0.05, 0.1) is 10.7 Å². The summed E-state index contributed by atoms with van der Waals surface area (Å²) >= 11 is 1.82. The predicted octanol–water partition coefficient (Wildman–Crippen LogP) is 3.78. The van der Waals surface area contributed by atoms with Crippen LogP contribution in [0.4, 0.5) is 0 Å². The van der Waals surface area contributed by atoms with Crippen molar-refractivity contribution in [1.82, 2.24) is 4.98 Å². The van der Waals surface area contributed by atoms with Crippen molar-refractivity contribution in [3.63, 3.8) is 0 Å². The molecule has 1 aromatic heterocycles. The van der Waals surface area contributed by atoms with Gasteiger partial charge in [-0.2, -0.15) is 0 Å². The highest BCUT2D eigenvalue weighted by molar-refractivity contribution is 7.09. The summed E-state index contributed by atoms with van der Waals surface area (Å²) < 4.78 is 0. The van der Waals surface area contributed by atoms with Crippen LogP contribution < -0.4 is 0 Å². The molecule has 2 heteroatoms. The lowest BCUT2D eigenvalue weighted by molar-refractivity contribution is 0.616. The predicted molar refractivity (Wildman–Crippen MR) is 57.3 cm³/mol. The molecule has 0 radical (unpaired) electrons. The van der Waals surface area contributed by atoms with E-state index in [-0.39, 0.29) is 0 Å². The van der Waals surface area contributed by atoms with Crippen LogP contribution in [-0.4, -0.2) is 4.98 Å². The largest absolute Gasteiger partial charge is 0.246 e.